The lowest BCUT2D eigenvalue weighted by atomic mass is 10.1. The lowest BCUT2D eigenvalue weighted by molar-refractivity contribution is 0.0385. The Morgan fingerprint density at radius 2 is 1.65 bits per heavy atom. The second kappa shape index (κ2) is 10.5. The van der Waals surface area contributed by atoms with E-state index in [4.69, 9.17) is 14.2 Å². The van der Waals surface area contributed by atoms with Crippen molar-refractivity contribution in [3.8, 4) is 0 Å². The largest absolute Gasteiger partial charge is 0.385 e. The molecule has 5 heteroatoms. The van der Waals surface area contributed by atoms with Crippen molar-refractivity contribution in [3.63, 3.8) is 0 Å². The molecule has 0 bridgehead atoms. The van der Waals surface area contributed by atoms with E-state index in [2.05, 4.69) is 0 Å². The molecule has 112 valence electrons. The van der Waals surface area contributed by atoms with Crippen molar-refractivity contribution >= 4 is 5.78 Å². The Kier molecular flexibility index (Phi) is 8.78. The number of halogens is 1. The van der Waals surface area contributed by atoms with Crippen LogP contribution in [-0.4, -0.2) is 45.9 Å². The number of carbonyl (C=O) groups excluding carboxylic acids is 1. The standard InChI is InChI=1S/C15H21FO4/c1-18-8-2-9-19-11-12-20-10-7-15(17)13-3-5-14(16)6-4-13/h3-6H,2,7-12H2,1H3. The Bertz CT molecular complexity index is 378. The lowest BCUT2D eigenvalue weighted by Gasteiger charge is -2.05. The van der Waals surface area contributed by atoms with Gasteiger partial charge in [0.25, 0.3) is 0 Å². The summed E-state index contributed by atoms with van der Waals surface area (Å²) in [6, 6.07) is 5.52. The molecule has 0 aliphatic carbocycles. The summed E-state index contributed by atoms with van der Waals surface area (Å²) in [6.45, 7) is 2.65. The third-order valence-corrected chi connectivity index (χ3v) is 2.65. The third kappa shape index (κ3) is 7.33. The zero-order valence-electron chi connectivity index (χ0n) is 11.8. The van der Waals surface area contributed by atoms with Gasteiger partial charge in [-0.3, -0.25) is 4.79 Å². The Balaban J connectivity index is 2.01. The average Bonchev–Trinajstić information content (AvgIpc) is 2.46. The van der Waals surface area contributed by atoms with Crippen molar-refractivity contribution in [2.45, 2.75) is 12.8 Å². The van der Waals surface area contributed by atoms with Gasteiger partial charge in [-0.15, -0.1) is 0 Å². The van der Waals surface area contributed by atoms with Crippen LogP contribution in [0.4, 0.5) is 4.39 Å². The van der Waals surface area contributed by atoms with Gasteiger partial charge in [0, 0.05) is 32.3 Å². The number of ether oxygens (including phenoxy) is 3. The van der Waals surface area contributed by atoms with Crippen LogP contribution in [0, 0.1) is 5.82 Å². The molecule has 1 rings (SSSR count). The first-order valence-corrected chi connectivity index (χ1v) is 6.67. The smallest absolute Gasteiger partial charge is 0.165 e. The second-order valence-electron chi connectivity index (χ2n) is 4.25. The van der Waals surface area contributed by atoms with Gasteiger partial charge in [-0.1, -0.05) is 0 Å². The molecule has 0 spiro atoms. The Morgan fingerprint density at radius 3 is 2.30 bits per heavy atom. The summed E-state index contributed by atoms with van der Waals surface area (Å²) in [5, 5.41) is 0. The number of benzene rings is 1. The first-order valence-electron chi connectivity index (χ1n) is 6.67. The summed E-state index contributed by atoms with van der Waals surface area (Å²) in [7, 11) is 1.65. The molecule has 0 heterocycles. The molecule has 0 amide bonds. The number of ketones is 1. The van der Waals surface area contributed by atoms with Gasteiger partial charge in [-0.2, -0.15) is 0 Å². The van der Waals surface area contributed by atoms with Gasteiger partial charge in [0.15, 0.2) is 5.78 Å². The number of hydrogen-bond donors (Lipinski definition) is 0. The van der Waals surface area contributed by atoms with Gasteiger partial charge in [-0.25, -0.2) is 4.39 Å². The fraction of sp³-hybridized carbons (Fsp3) is 0.533. The normalized spacial score (nSPS) is 10.7. The van der Waals surface area contributed by atoms with Gasteiger partial charge >= 0.3 is 0 Å². The molecule has 1 aromatic rings. The van der Waals surface area contributed by atoms with Gasteiger partial charge in [0.1, 0.15) is 5.82 Å². The maximum atomic E-state index is 12.7. The van der Waals surface area contributed by atoms with Crippen LogP contribution < -0.4 is 0 Å². The minimum atomic E-state index is -0.344. The minimum absolute atomic E-state index is 0.0500. The maximum Gasteiger partial charge on any atom is 0.165 e. The monoisotopic (exact) mass is 284 g/mol. The predicted molar refractivity (Wildman–Crippen MR) is 73.5 cm³/mol. The van der Waals surface area contributed by atoms with Crippen molar-refractivity contribution in [3.05, 3.63) is 35.6 Å². The van der Waals surface area contributed by atoms with Crippen LogP contribution in [0.1, 0.15) is 23.2 Å². The fourth-order valence-electron chi connectivity index (χ4n) is 1.57. The van der Waals surface area contributed by atoms with Gasteiger partial charge in [-0.05, 0) is 30.7 Å². The zero-order valence-corrected chi connectivity index (χ0v) is 11.8. The molecule has 0 atom stereocenters. The molecule has 0 radical (unpaired) electrons. The minimum Gasteiger partial charge on any atom is -0.385 e. The molecule has 0 aromatic heterocycles. The summed E-state index contributed by atoms with van der Waals surface area (Å²) >= 11 is 0. The molecule has 0 aliphatic heterocycles. The molecule has 0 unspecified atom stereocenters. The molecule has 0 N–H and O–H groups in total. The van der Waals surface area contributed by atoms with Crippen molar-refractivity contribution in [1.29, 1.82) is 0 Å². The van der Waals surface area contributed by atoms with E-state index in [0.29, 0.717) is 38.6 Å². The molecule has 0 saturated heterocycles. The SMILES string of the molecule is COCCCOCCOCCC(=O)c1ccc(F)cc1. The van der Waals surface area contributed by atoms with Crippen molar-refractivity contribution in [1.82, 2.24) is 0 Å². The van der Waals surface area contributed by atoms with Gasteiger partial charge < -0.3 is 14.2 Å². The zero-order chi connectivity index (χ0) is 14.6. The van der Waals surface area contributed by atoms with Crippen molar-refractivity contribution in [2.24, 2.45) is 0 Å². The van der Waals surface area contributed by atoms with E-state index in [-0.39, 0.29) is 18.0 Å². The highest BCUT2D eigenvalue weighted by molar-refractivity contribution is 5.96. The van der Waals surface area contributed by atoms with Crippen LogP contribution >= 0.6 is 0 Å². The van der Waals surface area contributed by atoms with Crippen molar-refractivity contribution in [2.75, 3.05) is 40.1 Å². The van der Waals surface area contributed by atoms with Gasteiger partial charge in [0.2, 0.25) is 0 Å². The van der Waals surface area contributed by atoms with E-state index < -0.39 is 0 Å². The number of methoxy groups -OCH3 is 1. The van der Waals surface area contributed by atoms with Crippen LogP contribution in [0.2, 0.25) is 0 Å². The Morgan fingerprint density at radius 1 is 1.00 bits per heavy atom. The summed E-state index contributed by atoms with van der Waals surface area (Å²) < 4.78 is 28.2. The first-order chi connectivity index (χ1) is 9.74. The highest BCUT2D eigenvalue weighted by Gasteiger charge is 2.05. The average molecular weight is 284 g/mol. The topological polar surface area (TPSA) is 44.8 Å². The van der Waals surface area contributed by atoms with E-state index >= 15 is 0 Å². The number of rotatable bonds is 11. The summed E-state index contributed by atoms with van der Waals surface area (Å²) in [5.74, 6) is -0.394. The quantitative estimate of drug-likeness (QED) is 0.462. The van der Waals surface area contributed by atoms with Crippen LogP contribution in [-0.2, 0) is 14.2 Å². The molecule has 0 fully saturated rings. The third-order valence-electron chi connectivity index (χ3n) is 2.65. The van der Waals surface area contributed by atoms with Gasteiger partial charge in [0.05, 0.1) is 19.8 Å². The molecular weight excluding hydrogens is 263 g/mol. The molecule has 4 nitrogen and oxygen atoms in total. The van der Waals surface area contributed by atoms with Crippen LogP contribution in [0.5, 0.6) is 0 Å². The lowest BCUT2D eigenvalue weighted by Crippen LogP contribution is -2.10. The van der Waals surface area contributed by atoms with Crippen LogP contribution in [0.25, 0.3) is 0 Å². The Labute approximate surface area is 118 Å². The first kappa shape index (κ1) is 16.8. The summed E-state index contributed by atoms with van der Waals surface area (Å²) in [5.41, 5.74) is 0.505. The van der Waals surface area contributed by atoms with E-state index in [0.717, 1.165) is 6.42 Å². The molecule has 1 aromatic carbocycles. The highest BCUT2D eigenvalue weighted by atomic mass is 19.1. The van der Waals surface area contributed by atoms with E-state index in [1.165, 1.54) is 24.3 Å². The maximum absolute atomic E-state index is 12.7. The number of carbonyl (C=O) groups is 1. The molecule has 20 heavy (non-hydrogen) atoms. The van der Waals surface area contributed by atoms with E-state index in [1.807, 2.05) is 0 Å². The fourth-order valence-corrected chi connectivity index (χ4v) is 1.57. The summed E-state index contributed by atoms with van der Waals surface area (Å²) in [4.78, 5) is 11.7. The highest BCUT2D eigenvalue weighted by Crippen LogP contribution is 2.05. The van der Waals surface area contributed by atoms with Crippen LogP contribution in [0.3, 0.4) is 0 Å². The number of hydrogen-bond acceptors (Lipinski definition) is 4. The van der Waals surface area contributed by atoms with E-state index in [9.17, 15) is 9.18 Å². The Hall–Kier alpha value is -1.30. The molecule has 0 aliphatic rings. The van der Waals surface area contributed by atoms with Crippen LogP contribution in [0.15, 0.2) is 24.3 Å². The van der Waals surface area contributed by atoms with Crippen molar-refractivity contribution < 1.29 is 23.4 Å². The number of Topliss-reactive ketones (excluding diaryl/α,β-unsaturated/α-hetero) is 1. The second-order valence-corrected chi connectivity index (χ2v) is 4.25. The molecule has 0 saturated carbocycles. The summed E-state index contributed by atoms with van der Waals surface area (Å²) in [6.07, 6.45) is 1.15. The predicted octanol–water partition coefficient (Wildman–Crippen LogP) is 2.47. The van der Waals surface area contributed by atoms with E-state index in [1.54, 1.807) is 7.11 Å². The molecular formula is C15H21FO4.